The number of thiophene rings is 1. The van der Waals surface area contributed by atoms with Gasteiger partial charge in [0.2, 0.25) is 0 Å². The Bertz CT molecular complexity index is 489. The van der Waals surface area contributed by atoms with Crippen molar-refractivity contribution in [3.63, 3.8) is 0 Å². The van der Waals surface area contributed by atoms with Crippen molar-refractivity contribution in [1.29, 1.82) is 0 Å². The maximum absolute atomic E-state index is 5.79. The summed E-state index contributed by atoms with van der Waals surface area (Å²) in [6.07, 6.45) is 4.09. The van der Waals surface area contributed by atoms with E-state index in [0.717, 1.165) is 24.4 Å². The minimum Gasteiger partial charge on any atom is -0.329 e. The Morgan fingerprint density at radius 1 is 1.38 bits per heavy atom. The van der Waals surface area contributed by atoms with E-state index in [4.69, 9.17) is 5.73 Å². The number of nitrogens with zero attached hydrogens (tertiary/aromatic N) is 2. The monoisotopic (exact) mass is 231 g/mol. The minimum atomic E-state index is 0.0767. The van der Waals surface area contributed by atoms with Crippen LogP contribution in [-0.4, -0.2) is 16.5 Å². The summed E-state index contributed by atoms with van der Waals surface area (Å²) in [6, 6.07) is 6.08. The van der Waals surface area contributed by atoms with Gasteiger partial charge in [-0.1, -0.05) is 6.07 Å². The molecule has 0 spiro atoms. The van der Waals surface area contributed by atoms with Crippen LogP contribution in [0.2, 0.25) is 0 Å². The first-order valence-corrected chi connectivity index (χ1v) is 6.29. The molecule has 2 aromatic rings. The van der Waals surface area contributed by atoms with Crippen molar-refractivity contribution in [2.24, 2.45) is 5.73 Å². The zero-order valence-electron chi connectivity index (χ0n) is 8.89. The van der Waals surface area contributed by atoms with Gasteiger partial charge in [0.1, 0.15) is 5.82 Å². The largest absolute Gasteiger partial charge is 0.329 e. The molecule has 1 aliphatic carbocycles. The van der Waals surface area contributed by atoms with E-state index in [0.29, 0.717) is 6.54 Å². The van der Waals surface area contributed by atoms with Crippen LogP contribution >= 0.6 is 11.3 Å². The lowest BCUT2D eigenvalue weighted by Gasteiger charge is -2.10. The Hall–Kier alpha value is -1.26. The third kappa shape index (κ3) is 1.54. The summed E-state index contributed by atoms with van der Waals surface area (Å²) in [6.45, 7) is 0.654. The number of rotatable bonds is 3. The van der Waals surface area contributed by atoms with E-state index in [1.165, 1.54) is 4.88 Å². The Kier molecular flexibility index (Phi) is 2.26. The van der Waals surface area contributed by atoms with Gasteiger partial charge in [-0.3, -0.25) is 0 Å². The van der Waals surface area contributed by atoms with Crippen LogP contribution in [-0.2, 0) is 5.41 Å². The first-order valence-electron chi connectivity index (χ1n) is 5.42. The van der Waals surface area contributed by atoms with Gasteiger partial charge < -0.3 is 5.73 Å². The van der Waals surface area contributed by atoms with Crippen LogP contribution in [0.5, 0.6) is 0 Å². The van der Waals surface area contributed by atoms with Gasteiger partial charge in [0, 0.05) is 18.2 Å². The predicted octanol–water partition coefficient (Wildman–Crippen LogP) is 2.20. The molecule has 2 aromatic heterocycles. The number of hydrogen-bond donors (Lipinski definition) is 1. The standard InChI is InChI=1S/C12H13N3S/c13-8-12(4-5-12)11-14-6-3-9(15-11)10-2-1-7-16-10/h1-3,6-7H,4-5,8,13H2. The summed E-state index contributed by atoms with van der Waals surface area (Å²) in [5.41, 5.74) is 6.88. The van der Waals surface area contributed by atoms with Gasteiger partial charge in [-0.2, -0.15) is 0 Å². The van der Waals surface area contributed by atoms with Crippen LogP contribution in [0.3, 0.4) is 0 Å². The second-order valence-corrected chi connectivity index (χ2v) is 5.17. The maximum atomic E-state index is 5.79. The Morgan fingerprint density at radius 3 is 2.88 bits per heavy atom. The van der Waals surface area contributed by atoms with E-state index in [1.54, 1.807) is 11.3 Å². The minimum absolute atomic E-state index is 0.0767. The Morgan fingerprint density at radius 2 is 2.25 bits per heavy atom. The SMILES string of the molecule is NCC1(c2nccc(-c3cccs3)n2)CC1. The molecule has 0 aromatic carbocycles. The van der Waals surface area contributed by atoms with Gasteiger partial charge in [-0.15, -0.1) is 11.3 Å². The molecular formula is C12H13N3S. The molecule has 1 aliphatic rings. The molecule has 1 fully saturated rings. The Balaban J connectivity index is 2.01. The maximum Gasteiger partial charge on any atom is 0.136 e. The highest BCUT2D eigenvalue weighted by atomic mass is 32.1. The molecule has 82 valence electrons. The van der Waals surface area contributed by atoms with Crippen molar-refractivity contribution in [2.75, 3.05) is 6.54 Å². The van der Waals surface area contributed by atoms with Crippen molar-refractivity contribution in [3.05, 3.63) is 35.6 Å². The molecule has 3 nitrogen and oxygen atoms in total. The van der Waals surface area contributed by atoms with E-state index in [-0.39, 0.29) is 5.41 Å². The number of hydrogen-bond acceptors (Lipinski definition) is 4. The molecule has 2 N–H and O–H groups in total. The van der Waals surface area contributed by atoms with Gasteiger partial charge >= 0.3 is 0 Å². The van der Waals surface area contributed by atoms with E-state index in [9.17, 15) is 0 Å². The number of nitrogens with two attached hydrogens (primary N) is 1. The molecule has 2 heterocycles. The second kappa shape index (κ2) is 3.64. The van der Waals surface area contributed by atoms with Gasteiger partial charge in [0.25, 0.3) is 0 Å². The van der Waals surface area contributed by atoms with Crippen LogP contribution in [0.25, 0.3) is 10.6 Å². The summed E-state index contributed by atoms with van der Waals surface area (Å²) in [7, 11) is 0. The van der Waals surface area contributed by atoms with Gasteiger partial charge in [0.05, 0.1) is 10.6 Å². The average Bonchev–Trinajstić information content (AvgIpc) is 2.95. The molecule has 0 bridgehead atoms. The fraction of sp³-hybridized carbons (Fsp3) is 0.333. The topological polar surface area (TPSA) is 51.8 Å². The first kappa shape index (κ1) is 9.93. The summed E-state index contributed by atoms with van der Waals surface area (Å²) >= 11 is 1.70. The van der Waals surface area contributed by atoms with Crippen LogP contribution in [0.4, 0.5) is 0 Å². The van der Waals surface area contributed by atoms with Crippen LogP contribution in [0, 0.1) is 0 Å². The highest BCUT2D eigenvalue weighted by molar-refractivity contribution is 7.13. The zero-order valence-corrected chi connectivity index (χ0v) is 9.70. The molecule has 1 saturated carbocycles. The summed E-state index contributed by atoms with van der Waals surface area (Å²) in [5, 5.41) is 2.06. The fourth-order valence-corrected chi connectivity index (χ4v) is 2.54. The zero-order chi connectivity index (χ0) is 11.0. The smallest absolute Gasteiger partial charge is 0.136 e. The molecule has 0 amide bonds. The molecule has 0 atom stereocenters. The normalized spacial score (nSPS) is 17.3. The highest BCUT2D eigenvalue weighted by Gasteiger charge is 2.45. The first-order chi connectivity index (χ1) is 7.84. The van der Waals surface area contributed by atoms with Crippen LogP contribution in [0.15, 0.2) is 29.8 Å². The quantitative estimate of drug-likeness (QED) is 0.881. The van der Waals surface area contributed by atoms with Gasteiger partial charge in [0.15, 0.2) is 0 Å². The lowest BCUT2D eigenvalue weighted by atomic mass is 10.1. The van der Waals surface area contributed by atoms with E-state index in [2.05, 4.69) is 21.4 Å². The third-order valence-corrected chi connectivity index (χ3v) is 4.04. The third-order valence-electron chi connectivity index (χ3n) is 3.15. The molecule has 4 heteroatoms. The predicted molar refractivity (Wildman–Crippen MR) is 65.3 cm³/mol. The molecule has 0 unspecified atom stereocenters. The lowest BCUT2D eigenvalue weighted by molar-refractivity contribution is 0.649. The summed E-state index contributed by atoms with van der Waals surface area (Å²) in [4.78, 5) is 10.2. The van der Waals surface area contributed by atoms with Crippen molar-refractivity contribution in [3.8, 4) is 10.6 Å². The molecular weight excluding hydrogens is 218 g/mol. The van der Waals surface area contributed by atoms with E-state index in [1.807, 2.05) is 18.3 Å². The fourth-order valence-electron chi connectivity index (χ4n) is 1.85. The van der Waals surface area contributed by atoms with Crippen molar-refractivity contribution < 1.29 is 0 Å². The average molecular weight is 231 g/mol. The molecule has 0 aliphatic heterocycles. The van der Waals surface area contributed by atoms with E-state index >= 15 is 0 Å². The molecule has 3 rings (SSSR count). The van der Waals surface area contributed by atoms with Crippen LogP contribution < -0.4 is 5.73 Å². The summed E-state index contributed by atoms with van der Waals surface area (Å²) in [5.74, 6) is 0.918. The van der Waals surface area contributed by atoms with Gasteiger partial charge in [-0.05, 0) is 30.4 Å². The number of aromatic nitrogens is 2. The molecule has 0 saturated heterocycles. The Labute approximate surface area is 98.4 Å². The molecule has 0 radical (unpaired) electrons. The van der Waals surface area contributed by atoms with Crippen molar-refractivity contribution in [1.82, 2.24) is 9.97 Å². The second-order valence-electron chi connectivity index (χ2n) is 4.23. The van der Waals surface area contributed by atoms with Crippen molar-refractivity contribution >= 4 is 11.3 Å². The van der Waals surface area contributed by atoms with Crippen LogP contribution in [0.1, 0.15) is 18.7 Å². The van der Waals surface area contributed by atoms with Gasteiger partial charge in [-0.25, -0.2) is 9.97 Å². The summed E-state index contributed by atoms with van der Waals surface area (Å²) < 4.78 is 0. The van der Waals surface area contributed by atoms with E-state index < -0.39 is 0 Å². The highest BCUT2D eigenvalue weighted by Crippen LogP contribution is 2.45. The van der Waals surface area contributed by atoms with Crippen molar-refractivity contribution in [2.45, 2.75) is 18.3 Å². The molecule has 16 heavy (non-hydrogen) atoms. The lowest BCUT2D eigenvalue weighted by Crippen LogP contribution is -2.22.